The van der Waals surface area contributed by atoms with Gasteiger partial charge in [-0.1, -0.05) is 0 Å². The van der Waals surface area contributed by atoms with Crippen molar-refractivity contribution in [1.82, 2.24) is 14.8 Å². The molecule has 0 atom stereocenters. The van der Waals surface area contributed by atoms with Gasteiger partial charge in [0, 0.05) is 38.1 Å². The highest BCUT2D eigenvalue weighted by molar-refractivity contribution is 5.78. The summed E-state index contributed by atoms with van der Waals surface area (Å²) in [5.41, 5.74) is 0.918. The number of hydrogen-bond donors (Lipinski definition) is 1. The van der Waals surface area contributed by atoms with E-state index in [-0.39, 0.29) is 12.0 Å². The molecule has 0 spiro atoms. The minimum Gasteiger partial charge on any atom is -0.450 e. The molecule has 2 rings (SSSR count). The van der Waals surface area contributed by atoms with Gasteiger partial charge in [-0.05, 0) is 25.5 Å². The van der Waals surface area contributed by atoms with E-state index in [2.05, 4.69) is 4.98 Å². The summed E-state index contributed by atoms with van der Waals surface area (Å²) >= 11 is 0. The van der Waals surface area contributed by atoms with Gasteiger partial charge in [0.15, 0.2) is 0 Å². The van der Waals surface area contributed by atoms with Gasteiger partial charge in [-0.2, -0.15) is 0 Å². The number of ether oxygens (including phenoxy) is 1. The van der Waals surface area contributed by atoms with Gasteiger partial charge in [0.1, 0.15) is 0 Å². The van der Waals surface area contributed by atoms with Gasteiger partial charge in [-0.3, -0.25) is 4.79 Å². The van der Waals surface area contributed by atoms with Crippen molar-refractivity contribution in [2.75, 3.05) is 32.8 Å². The van der Waals surface area contributed by atoms with Crippen LogP contribution < -0.4 is 0 Å². The molecule has 110 valence electrons. The lowest BCUT2D eigenvalue weighted by Crippen LogP contribution is -2.38. The number of aromatic amines is 1. The lowest BCUT2D eigenvalue weighted by Gasteiger charge is -2.21. The maximum Gasteiger partial charge on any atom is 0.409 e. The fraction of sp³-hybridized carbons (Fsp3) is 0.571. The van der Waals surface area contributed by atoms with Crippen LogP contribution in [-0.4, -0.2) is 59.6 Å². The Labute approximate surface area is 118 Å². The number of hydrogen-bond acceptors (Lipinski definition) is 3. The van der Waals surface area contributed by atoms with E-state index in [4.69, 9.17) is 4.74 Å². The van der Waals surface area contributed by atoms with Crippen LogP contribution in [0.25, 0.3) is 0 Å². The summed E-state index contributed by atoms with van der Waals surface area (Å²) in [5, 5.41) is 0. The lowest BCUT2D eigenvalue weighted by atomic mass is 10.2. The average Bonchev–Trinajstić information content (AvgIpc) is 2.80. The van der Waals surface area contributed by atoms with E-state index in [1.165, 1.54) is 0 Å². The molecular weight excluding hydrogens is 258 g/mol. The quantitative estimate of drug-likeness (QED) is 0.905. The molecule has 6 heteroatoms. The molecule has 1 aliphatic heterocycles. The van der Waals surface area contributed by atoms with Crippen molar-refractivity contribution in [2.24, 2.45) is 0 Å². The summed E-state index contributed by atoms with van der Waals surface area (Å²) in [6.45, 7) is 4.61. The molecule has 1 aromatic rings. The highest BCUT2D eigenvalue weighted by atomic mass is 16.6. The number of nitrogens with one attached hydrogen (secondary N) is 1. The van der Waals surface area contributed by atoms with E-state index >= 15 is 0 Å². The van der Waals surface area contributed by atoms with Gasteiger partial charge in [0.25, 0.3) is 0 Å². The predicted molar refractivity (Wildman–Crippen MR) is 74.3 cm³/mol. The van der Waals surface area contributed by atoms with Crippen LogP contribution in [0.5, 0.6) is 0 Å². The fourth-order valence-corrected chi connectivity index (χ4v) is 2.32. The van der Waals surface area contributed by atoms with Crippen LogP contribution >= 0.6 is 0 Å². The first-order valence-corrected chi connectivity index (χ1v) is 7.02. The first-order chi connectivity index (χ1) is 9.70. The molecule has 1 fully saturated rings. The number of aromatic nitrogens is 1. The minimum absolute atomic E-state index is 0.0955. The molecule has 1 aromatic heterocycles. The van der Waals surface area contributed by atoms with Gasteiger partial charge in [-0.15, -0.1) is 0 Å². The van der Waals surface area contributed by atoms with E-state index in [0.29, 0.717) is 39.2 Å². The molecular formula is C14H21N3O3. The highest BCUT2D eigenvalue weighted by Crippen LogP contribution is 2.07. The van der Waals surface area contributed by atoms with Crippen LogP contribution in [0.15, 0.2) is 18.3 Å². The molecule has 1 saturated heterocycles. The third kappa shape index (κ3) is 3.76. The maximum atomic E-state index is 12.2. The molecule has 0 bridgehead atoms. The Morgan fingerprint density at radius 2 is 2.00 bits per heavy atom. The molecule has 0 radical (unpaired) electrons. The molecule has 20 heavy (non-hydrogen) atoms. The second-order valence-corrected chi connectivity index (χ2v) is 4.79. The zero-order valence-electron chi connectivity index (χ0n) is 11.8. The second-order valence-electron chi connectivity index (χ2n) is 4.79. The minimum atomic E-state index is -0.286. The normalized spacial score (nSPS) is 15.8. The molecule has 0 unspecified atom stereocenters. The Kier molecular flexibility index (Phi) is 5.03. The van der Waals surface area contributed by atoms with Crippen LogP contribution in [0.3, 0.4) is 0 Å². The zero-order valence-corrected chi connectivity index (χ0v) is 11.8. The monoisotopic (exact) mass is 279 g/mol. The van der Waals surface area contributed by atoms with Crippen molar-refractivity contribution in [3.8, 4) is 0 Å². The first kappa shape index (κ1) is 14.4. The Balaban J connectivity index is 1.85. The number of amides is 2. The third-order valence-corrected chi connectivity index (χ3v) is 3.38. The number of carbonyl (C=O) groups is 2. The zero-order chi connectivity index (χ0) is 14.4. The second kappa shape index (κ2) is 6.98. The van der Waals surface area contributed by atoms with Gasteiger partial charge in [-0.25, -0.2) is 4.79 Å². The van der Waals surface area contributed by atoms with Crippen molar-refractivity contribution < 1.29 is 14.3 Å². The summed E-state index contributed by atoms with van der Waals surface area (Å²) in [5.74, 6) is 0.0955. The third-order valence-electron chi connectivity index (χ3n) is 3.38. The molecule has 0 saturated carbocycles. The number of rotatable bonds is 3. The van der Waals surface area contributed by atoms with E-state index in [0.717, 1.165) is 12.1 Å². The summed E-state index contributed by atoms with van der Waals surface area (Å²) in [6.07, 6.45) is 2.70. The van der Waals surface area contributed by atoms with E-state index in [9.17, 15) is 9.59 Å². The Morgan fingerprint density at radius 3 is 2.70 bits per heavy atom. The largest absolute Gasteiger partial charge is 0.450 e. The van der Waals surface area contributed by atoms with Gasteiger partial charge in [0.2, 0.25) is 5.91 Å². The van der Waals surface area contributed by atoms with Gasteiger partial charge >= 0.3 is 6.09 Å². The first-order valence-electron chi connectivity index (χ1n) is 7.02. The number of carbonyl (C=O) groups excluding carboxylic acids is 2. The smallest absolute Gasteiger partial charge is 0.409 e. The van der Waals surface area contributed by atoms with Gasteiger partial charge in [0.05, 0.1) is 13.0 Å². The molecule has 1 aliphatic rings. The summed E-state index contributed by atoms with van der Waals surface area (Å²) in [7, 11) is 0. The van der Waals surface area contributed by atoms with Crippen LogP contribution in [0.2, 0.25) is 0 Å². The topological polar surface area (TPSA) is 65.6 Å². The molecule has 0 aromatic carbocycles. The lowest BCUT2D eigenvalue weighted by molar-refractivity contribution is -0.130. The van der Waals surface area contributed by atoms with E-state index in [1.807, 2.05) is 23.2 Å². The van der Waals surface area contributed by atoms with E-state index in [1.54, 1.807) is 11.8 Å². The maximum absolute atomic E-state index is 12.2. The highest BCUT2D eigenvalue weighted by Gasteiger charge is 2.22. The molecule has 2 heterocycles. The molecule has 1 N–H and O–H groups in total. The van der Waals surface area contributed by atoms with E-state index < -0.39 is 0 Å². The SMILES string of the molecule is CCOC(=O)N1CCCN(C(=O)Cc2ccc[nH]2)CC1. The summed E-state index contributed by atoms with van der Waals surface area (Å²) < 4.78 is 5.00. The molecule has 0 aliphatic carbocycles. The van der Waals surface area contributed by atoms with Crippen LogP contribution in [0.4, 0.5) is 4.79 Å². The number of nitrogens with zero attached hydrogens (tertiary/aromatic N) is 2. The van der Waals surface area contributed by atoms with Gasteiger partial charge < -0.3 is 19.5 Å². The molecule has 6 nitrogen and oxygen atoms in total. The summed E-state index contributed by atoms with van der Waals surface area (Å²) in [4.78, 5) is 30.4. The van der Waals surface area contributed by atoms with Crippen molar-refractivity contribution >= 4 is 12.0 Å². The average molecular weight is 279 g/mol. The van der Waals surface area contributed by atoms with Crippen molar-refractivity contribution in [3.63, 3.8) is 0 Å². The summed E-state index contributed by atoms with van der Waals surface area (Å²) in [6, 6.07) is 3.79. The molecule has 2 amide bonds. The fourth-order valence-electron chi connectivity index (χ4n) is 2.32. The van der Waals surface area contributed by atoms with Crippen LogP contribution in [0.1, 0.15) is 19.0 Å². The number of H-pyrrole nitrogens is 1. The van der Waals surface area contributed by atoms with Crippen molar-refractivity contribution in [3.05, 3.63) is 24.0 Å². The Hall–Kier alpha value is -1.98. The van der Waals surface area contributed by atoms with Crippen LogP contribution in [0, 0.1) is 0 Å². The van der Waals surface area contributed by atoms with Crippen molar-refractivity contribution in [1.29, 1.82) is 0 Å². The van der Waals surface area contributed by atoms with Crippen molar-refractivity contribution in [2.45, 2.75) is 19.8 Å². The Bertz CT molecular complexity index is 445. The van der Waals surface area contributed by atoms with Crippen LogP contribution in [-0.2, 0) is 16.0 Å². The standard InChI is InChI=1S/C14H21N3O3/c1-2-20-14(19)17-8-4-7-16(9-10-17)13(18)11-12-5-3-6-15-12/h3,5-6,15H,2,4,7-11H2,1H3. The Morgan fingerprint density at radius 1 is 1.25 bits per heavy atom. The predicted octanol–water partition coefficient (Wildman–Crippen LogP) is 1.25.